The van der Waals surface area contributed by atoms with Crippen molar-refractivity contribution < 1.29 is 9.90 Å². The summed E-state index contributed by atoms with van der Waals surface area (Å²) in [6, 6.07) is 0.180. The Morgan fingerprint density at radius 2 is 2.19 bits per heavy atom. The molecule has 0 spiro atoms. The third-order valence-corrected chi connectivity index (χ3v) is 3.22. The monoisotopic (exact) mass is 228 g/mol. The average molecular weight is 228 g/mol. The Bertz CT molecular complexity index is 225. The van der Waals surface area contributed by atoms with Gasteiger partial charge in [-0.1, -0.05) is 0 Å². The average Bonchev–Trinajstić information content (AvgIpc) is 2.14. The summed E-state index contributed by atoms with van der Waals surface area (Å²) < 4.78 is 0. The summed E-state index contributed by atoms with van der Waals surface area (Å²) in [5.41, 5.74) is 5.63. The lowest BCUT2D eigenvalue weighted by Gasteiger charge is -2.34. The van der Waals surface area contributed by atoms with E-state index in [1.807, 2.05) is 14.0 Å². The maximum absolute atomic E-state index is 11.7. The molecule has 1 unspecified atom stereocenters. The van der Waals surface area contributed by atoms with Gasteiger partial charge in [-0.2, -0.15) is 0 Å². The van der Waals surface area contributed by atoms with Crippen LogP contribution in [0.3, 0.4) is 0 Å². The number of aliphatic hydroxyl groups excluding tert-OH is 1. The first kappa shape index (κ1) is 13.5. The van der Waals surface area contributed by atoms with Gasteiger partial charge in [0.2, 0.25) is 5.91 Å². The van der Waals surface area contributed by atoms with Crippen LogP contribution in [0.2, 0.25) is 0 Å². The van der Waals surface area contributed by atoms with Gasteiger partial charge in [-0.3, -0.25) is 4.79 Å². The molecule has 4 nitrogen and oxygen atoms in total. The lowest BCUT2D eigenvalue weighted by atomic mass is 9.82. The smallest absolute Gasteiger partial charge is 0.222 e. The summed E-state index contributed by atoms with van der Waals surface area (Å²) in [6.07, 6.45) is 3.92. The highest BCUT2D eigenvalue weighted by molar-refractivity contribution is 5.75. The van der Waals surface area contributed by atoms with Crippen LogP contribution < -0.4 is 5.73 Å². The van der Waals surface area contributed by atoms with Crippen LogP contribution in [0.5, 0.6) is 0 Å². The second-order valence-electron chi connectivity index (χ2n) is 5.14. The number of carbonyl (C=O) groups is 1. The Morgan fingerprint density at radius 3 is 2.69 bits per heavy atom. The summed E-state index contributed by atoms with van der Waals surface area (Å²) in [4.78, 5) is 13.5. The van der Waals surface area contributed by atoms with E-state index in [2.05, 4.69) is 0 Å². The van der Waals surface area contributed by atoms with Crippen molar-refractivity contribution in [3.05, 3.63) is 0 Å². The topological polar surface area (TPSA) is 66.6 Å². The summed E-state index contributed by atoms with van der Waals surface area (Å²) >= 11 is 0. The Balaban J connectivity index is 2.10. The van der Waals surface area contributed by atoms with Crippen molar-refractivity contribution in [2.45, 2.75) is 51.2 Å². The fraction of sp³-hybridized carbons (Fsp3) is 0.917. The maximum atomic E-state index is 11.7. The van der Waals surface area contributed by atoms with E-state index >= 15 is 0 Å². The van der Waals surface area contributed by atoms with Gasteiger partial charge in [0, 0.05) is 26.1 Å². The number of aliphatic hydroxyl groups is 1. The minimum Gasteiger partial charge on any atom is -0.393 e. The second-order valence-corrected chi connectivity index (χ2v) is 5.14. The van der Waals surface area contributed by atoms with Gasteiger partial charge in [0.25, 0.3) is 0 Å². The third kappa shape index (κ3) is 4.49. The highest BCUT2D eigenvalue weighted by Gasteiger charge is 2.28. The zero-order chi connectivity index (χ0) is 12.1. The van der Waals surface area contributed by atoms with Gasteiger partial charge in [-0.15, -0.1) is 0 Å². The van der Waals surface area contributed by atoms with E-state index in [1.165, 1.54) is 0 Å². The predicted molar refractivity (Wildman–Crippen MR) is 63.9 cm³/mol. The van der Waals surface area contributed by atoms with Crippen molar-refractivity contribution in [2.75, 3.05) is 13.6 Å². The van der Waals surface area contributed by atoms with E-state index in [1.54, 1.807) is 4.90 Å². The molecule has 0 radical (unpaired) electrons. The molecule has 1 rings (SSSR count). The van der Waals surface area contributed by atoms with Crippen LogP contribution in [0.25, 0.3) is 0 Å². The first-order valence-electron chi connectivity index (χ1n) is 6.16. The van der Waals surface area contributed by atoms with Gasteiger partial charge >= 0.3 is 0 Å². The highest BCUT2D eigenvalue weighted by Crippen LogP contribution is 2.27. The Hall–Kier alpha value is -0.610. The van der Waals surface area contributed by atoms with E-state index in [9.17, 15) is 4.79 Å². The molecule has 0 aromatic rings. The Labute approximate surface area is 97.8 Å². The first-order valence-corrected chi connectivity index (χ1v) is 6.16. The van der Waals surface area contributed by atoms with Gasteiger partial charge in [-0.25, -0.2) is 0 Å². The number of hydrogen-bond acceptors (Lipinski definition) is 3. The fourth-order valence-corrected chi connectivity index (χ4v) is 2.10. The molecule has 1 fully saturated rings. The molecule has 0 aromatic heterocycles. The molecule has 1 aliphatic rings. The molecule has 1 atom stereocenters. The van der Waals surface area contributed by atoms with E-state index in [0.29, 0.717) is 12.3 Å². The first-order chi connectivity index (χ1) is 7.49. The van der Waals surface area contributed by atoms with E-state index in [4.69, 9.17) is 10.8 Å². The summed E-state index contributed by atoms with van der Waals surface area (Å²) in [6.45, 7) is 2.75. The number of nitrogens with two attached hydrogens (primary N) is 1. The zero-order valence-electron chi connectivity index (χ0n) is 10.4. The molecule has 0 aromatic carbocycles. The maximum Gasteiger partial charge on any atom is 0.222 e. The largest absolute Gasteiger partial charge is 0.393 e. The SMILES string of the molecule is CC(N)CCCC(=O)N(C)CC1CC(O)C1. The highest BCUT2D eigenvalue weighted by atomic mass is 16.3. The van der Waals surface area contributed by atoms with Gasteiger partial charge in [0.15, 0.2) is 0 Å². The number of carbonyl (C=O) groups excluding carboxylic acids is 1. The van der Waals surface area contributed by atoms with E-state index < -0.39 is 0 Å². The standard InChI is InChI=1S/C12H24N2O2/c1-9(13)4-3-5-12(16)14(2)8-10-6-11(15)7-10/h9-11,15H,3-8,13H2,1-2H3. The van der Waals surface area contributed by atoms with Crippen LogP contribution >= 0.6 is 0 Å². The van der Waals surface area contributed by atoms with Crippen LogP contribution in [-0.2, 0) is 4.79 Å². The van der Waals surface area contributed by atoms with Crippen molar-refractivity contribution >= 4 is 5.91 Å². The van der Waals surface area contributed by atoms with E-state index in [0.717, 1.165) is 32.2 Å². The molecular weight excluding hydrogens is 204 g/mol. The molecule has 0 saturated heterocycles. The van der Waals surface area contributed by atoms with Crippen molar-refractivity contribution in [1.82, 2.24) is 4.90 Å². The van der Waals surface area contributed by atoms with Gasteiger partial charge < -0.3 is 15.7 Å². The number of nitrogens with zero attached hydrogens (tertiary/aromatic N) is 1. The summed E-state index contributed by atoms with van der Waals surface area (Å²) in [5.74, 6) is 0.694. The van der Waals surface area contributed by atoms with Crippen LogP contribution in [-0.4, -0.2) is 41.7 Å². The van der Waals surface area contributed by atoms with Crippen molar-refractivity contribution in [1.29, 1.82) is 0 Å². The fourth-order valence-electron chi connectivity index (χ4n) is 2.10. The van der Waals surface area contributed by atoms with Crippen LogP contribution in [0, 0.1) is 5.92 Å². The predicted octanol–water partition coefficient (Wildman–Crippen LogP) is 0.733. The van der Waals surface area contributed by atoms with Crippen molar-refractivity contribution in [3.8, 4) is 0 Å². The summed E-state index contributed by atoms with van der Waals surface area (Å²) in [7, 11) is 1.85. The minimum atomic E-state index is -0.133. The molecule has 1 aliphatic carbocycles. The quantitative estimate of drug-likeness (QED) is 0.704. The van der Waals surface area contributed by atoms with Gasteiger partial charge in [0.05, 0.1) is 6.10 Å². The molecule has 0 aliphatic heterocycles. The molecule has 4 heteroatoms. The third-order valence-electron chi connectivity index (χ3n) is 3.22. The van der Waals surface area contributed by atoms with Gasteiger partial charge in [0.1, 0.15) is 0 Å². The van der Waals surface area contributed by atoms with Crippen LogP contribution in [0.15, 0.2) is 0 Å². The molecule has 3 N–H and O–H groups in total. The molecule has 1 saturated carbocycles. The number of amides is 1. The van der Waals surface area contributed by atoms with Crippen LogP contribution in [0.1, 0.15) is 39.0 Å². The van der Waals surface area contributed by atoms with Crippen LogP contribution in [0.4, 0.5) is 0 Å². The lowest BCUT2D eigenvalue weighted by molar-refractivity contribution is -0.131. The molecule has 1 amide bonds. The molecule has 16 heavy (non-hydrogen) atoms. The number of rotatable bonds is 6. The lowest BCUT2D eigenvalue weighted by Crippen LogP contribution is -2.39. The number of hydrogen-bond donors (Lipinski definition) is 2. The van der Waals surface area contributed by atoms with E-state index in [-0.39, 0.29) is 18.1 Å². The van der Waals surface area contributed by atoms with Gasteiger partial charge in [-0.05, 0) is 38.5 Å². The molecule has 94 valence electrons. The molecular formula is C12H24N2O2. The minimum absolute atomic E-state index is 0.133. The second kappa shape index (κ2) is 6.21. The molecule has 0 heterocycles. The Morgan fingerprint density at radius 1 is 1.56 bits per heavy atom. The van der Waals surface area contributed by atoms with Crippen molar-refractivity contribution in [3.63, 3.8) is 0 Å². The normalized spacial score (nSPS) is 26.0. The molecule has 0 bridgehead atoms. The van der Waals surface area contributed by atoms with Crippen molar-refractivity contribution in [2.24, 2.45) is 11.7 Å². The summed E-state index contributed by atoms with van der Waals surface area (Å²) in [5, 5.41) is 9.15. The zero-order valence-corrected chi connectivity index (χ0v) is 10.4. The Kier molecular flexibility index (Phi) is 5.22.